The van der Waals surface area contributed by atoms with E-state index in [0.29, 0.717) is 31.5 Å². The normalized spacial score (nSPS) is 22.6. The Labute approximate surface area is 101 Å². The first-order valence-corrected chi connectivity index (χ1v) is 6.07. The molecular weight excluding hydrogens is 222 g/mol. The maximum atomic E-state index is 5.51. The van der Waals surface area contributed by atoms with Gasteiger partial charge in [0, 0.05) is 0 Å². The SMILES string of the molecule is CCCNC(C)c1nc(C2COCCO2)no1. The van der Waals surface area contributed by atoms with Crippen LogP contribution in [0, 0.1) is 0 Å². The van der Waals surface area contributed by atoms with Gasteiger partial charge in [-0.3, -0.25) is 0 Å². The molecule has 1 fully saturated rings. The van der Waals surface area contributed by atoms with Crippen molar-refractivity contribution >= 4 is 0 Å². The Hall–Kier alpha value is -0.980. The minimum Gasteiger partial charge on any atom is -0.376 e. The van der Waals surface area contributed by atoms with Crippen LogP contribution in [0.3, 0.4) is 0 Å². The summed E-state index contributed by atoms with van der Waals surface area (Å²) in [7, 11) is 0. The van der Waals surface area contributed by atoms with Crippen LogP contribution in [0.1, 0.15) is 44.1 Å². The zero-order chi connectivity index (χ0) is 12.1. The van der Waals surface area contributed by atoms with Crippen molar-refractivity contribution < 1.29 is 14.0 Å². The summed E-state index contributed by atoms with van der Waals surface area (Å²) < 4.78 is 16.0. The van der Waals surface area contributed by atoms with Crippen molar-refractivity contribution in [2.75, 3.05) is 26.4 Å². The molecule has 17 heavy (non-hydrogen) atoms. The summed E-state index contributed by atoms with van der Waals surface area (Å²) in [5, 5.41) is 7.23. The topological polar surface area (TPSA) is 69.4 Å². The molecule has 0 amide bonds. The number of hydrogen-bond acceptors (Lipinski definition) is 6. The number of hydrogen-bond donors (Lipinski definition) is 1. The molecule has 0 saturated carbocycles. The first-order chi connectivity index (χ1) is 8.31. The zero-order valence-electron chi connectivity index (χ0n) is 10.3. The number of nitrogens with zero attached hydrogens (tertiary/aromatic N) is 2. The fourth-order valence-electron chi connectivity index (χ4n) is 1.64. The van der Waals surface area contributed by atoms with Crippen LogP contribution in [0.5, 0.6) is 0 Å². The Kier molecular flexibility index (Phi) is 4.47. The van der Waals surface area contributed by atoms with Gasteiger partial charge >= 0.3 is 0 Å². The van der Waals surface area contributed by atoms with E-state index in [0.717, 1.165) is 13.0 Å². The van der Waals surface area contributed by atoms with Crippen LogP contribution >= 0.6 is 0 Å². The van der Waals surface area contributed by atoms with Crippen molar-refractivity contribution in [2.45, 2.75) is 32.4 Å². The summed E-state index contributed by atoms with van der Waals surface area (Å²) in [6, 6.07) is 0.0701. The van der Waals surface area contributed by atoms with Crippen molar-refractivity contribution in [1.29, 1.82) is 0 Å². The molecular formula is C11H19N3O3. The quantitative estimate of drug-likeness (QED) is 0.835. The standard InChI is InChI=1S/C11H19N3O3/c1-3-4-12-8(2)11-13-10(14-17-11)9-7-15-5-6-16-9/h8-9,12H,3-7H2,1-2H3. The van der Waals surface area contributed by atoms with Gasteiger partial charge in [0.1, 0.15) is 6.10 Å². The second-order valence-electron chi connectivity index (χ2n) is 4.10. The Morgan fingerprint density at radius 1 is 1.47 bits per heavy atom. The second kappa shape index (κ2) is 6.09. The van der Waals surface area contributed by atoms with Crippen molar-refractivity contribution in [2.24, 2.45) is 0 Å². The lowest BCUT2D eigenvalue weighted by atomic mass is 10.3. The molecule has 1 saturated heterocycles. The van der Waals surface area contributed by atoms with E-state index in [1.165, 1.54) is 0 Å². The molecule has 2 rings (SSSR count). The van der Waals surface area contributed by atoms with Crippen LogP contribution in [0.4, 0.5) is 0 Å². The third-order valence-electron chi connectivity index (χ3n) is 2.63. The lowest BCUT2D eigenvalue weighted by Gasteiger charge is -2.19. The van der Waals surface area contributed by atoms with E-state index in [-0.39, 0.29) is 12.1 Å². The van der Waals surface area contributed by atoms with Gasteiger partial charge in [0.15, 0.2) is 0 Å². The van der Waals surface area contributed by atoms with Crippen molar-refractivity contribution in [3.8, 4) is 0 Å². The summed E-state index contributed by atoms with van der Waals surface area (Å²) in [4.78, 5) is 4.34. The summed E-state index contributed by atoms with van der Waals surface area (Å²) in [6.07, 6.45) is 0.880. The smallest absolute Gasteiger partial charge is 0.243 e. The lowest BCUT2D eigenvalue weighted by molar-refractivity contribution is -0.0941. The molecule has 0 aliphatic carbocycles. The van der Waals surface area contributed by atoms with E-state index < -0.39 is 0 Å². The van der Waals surface area contributed by atoms with E-state index in [1.807, 2.05) is 6.92 Å². The van der Waals surface area contributed by atoms with E-state index in [2.05, 4.69) is 22.4 Å². The molecule has 96 valence electrons. The van der Waals surface area contributed by atoms with Crippen LogP contribution in [-0.4, -0.2) is 36.5 Å². The van der Waals surface area contributed by atoms with Gasteiger partial charge in [0.05, 0.1) is 25.9 Å². The molecule has 0 radical (unpaired) electrons. The van der Waals surface area contributed by atoms with E-state index >= 15 is 0 Å². The minimum atomic E-state index is -0.195. The average Bonchev–Trinajstić information content (AvgIpc) is 2.86. The monoisotopic (exact) mass is 241 g/mol. The molecule has 0 bridgehead atoms. The molecule has 6 heteroatoms. The molecule has 1 N–H and O–H groups in total. The molecule has 1 aliphatic rings. The van der Waals surface area contributed by atoms with Gasteiger partial charge in [0.2, 0.25) is 11.7 Å². The highest BCUT2D eigenvalue weighted by molar-refractivity contribution is 4.95. The fraction of sp³-hybridized carbons (Fsp3) is 0.818. The van der Waals surface area contributed by atoms with Gasteiger partial charge in [-0.15, -0.1) is 0 Å². The minimum absolute atomic E-state index is 0.0701. The second-order valence-corrected chi connectivity index (χ2v) is 4.10. The zero-order valence-corrected chi connectivity index (χ0v) is 10.3. The molecule has 0 spiro atoms. The lowest BCUT2D eigenvalue weighted by Crippen LogP contribution is -2.23. The third-order valence-corrected chi connectivity index (χ3v) is 2.63. The van der Waals surface area contributed by atoms with Crippen LogP contribution in [-0.2, 0) is 9.47 Å². The Morgan fingerprint density at radius 3 is 3.06 bits per heavy atom. The van der Waals surface area contributed by atoms with Gasteiger partial charge in [-0.2, -0.15) is 4.98 Å². The summed E-state index contributed by atoms with van der Waals surface area (Å²) in [5.41, 5.74) is 0. The van der Waals surface area contributed by atoms with Gasteiger partial charge in [-0.05, 0) is 19.9 Å². The highest BCUT2D eigenvalue weighted by Gasteiger charge is 2.23. The largest absolute Gasteiger partial charge is 0.376 e. The molecule has 6 nitrogen and oxygen atoms in total. The molecule has 1 aromatic heterocycles. The summed E-state index contributed by atoms with van der Waals surface area (Å²) in [5.74, 6) is 1.17. The Bertz CT molecular complexity index is 336. The first kappa shape index (κ1) is 12.5. The molecule has 2 unspecified atom stereocenters. The molecule has 2 heterocycles. The van der Waals surface area contributed by atoms with Gasteiger partial charge in [-0.1, -0.05) is 12.1 Å². The van der Waals surface area contributed by atoms with Gasteiger partial charge in [-0.25, -0.2) is 0 Å². The first-order valence-electron chi connectivity index (χ1n) is 6.07. The third kappa shape index (κ3) is 3.24. The van der Waals surface area contributed by atoms with Crippen LogP contribution in [0.25, 0.3) is 0 Å². The number of rotatable bonds is 5. The Balaban J connectivity index is 1.94. The van der Waals surface area contributed by atoms with Crippen molar-refractivity contribution in [3.63, 3.8) is 0 Å². The van der Waals surface area contributed by atoms with Gasteiger partial charge < -0.3 is 19.3 Å². The maximum absolute atomic E-state index is 5.51. The fourth-order valence-corrected chi connectivity index (χ4v) is 1.64. The average molecular weight is 241 g/mol. The number of ether oxygens (including phenoxy) is 2. The van der Waals surface area contributed by atoms with Crippen LogP contribution in [0.15, 0.2) is 4.52 Å². The molecule has 1 aromatic rings. The predicted molar refractivity (Wildman–Crippen MR) is 60.5 cm³/mol. The highest BCUT2D eigenvalue weighted by atomic mass is 16.6. The van der Waals surface area contributed by atoms with E-state index in [9.17, 15) is 0 Å². The molecule has 0 aromatic carbocycles. The van der Waals surface area contributed by atoms with E-state index in [4.69, 9.17) is 14.0 Å². The van der Waals surface area contributed by atoms with Crippen LogP contribution in [0.2, 0.25) is 0 Å². The van der Waals surface area contributed by atoms with Crippen LogP contribution < -0.4 is 5.32 Å². The van der Waals surface area contributed by atoms with Crippen molar-refractivity contribution in [1.82, 2.24) is 15.5 Å². The summed E-state index contributed by atoms with van der Waals surface area (Å²) >= 11 is 0. The predicted octanol–water partition coefficient (Wildman–Crippen LogP) is 1.22. The summed E-state index contributed by atoms with van der Waals surface area (Å²) in [6.45, 7) is 6.77. The number of aromatic nitrogens is 2. The Morgan fingerprint density at radius 2 is 2.35 bits per heavy atom. The molecule has 1 aliphatic heterocycles. The van der Waals surface area contributed by atoms with Gasteiger partial charge in [0.25, 0.3) is 0 Å². The maximum Gasteiger partial charge on any atom is 0.243 e. The highest BCUT2D eigenvalue weighted by Crippen LogP contribution is 2.19. The van der Waals surface area contributed by atoms with Crippen molar-refractivity contribution in [3.05, 3.63) is 11.7 Å². The number of nitrogens with one attached hydrogen (secondary N) is 1. The van der Waals surface area contributed by atoms with E-state index in [1.54, 1.807) is 0 Å². The molecule has 2 atom stereocenters.